The van der Waals surface area contributed by atoms with Crippen LogP contribution in [0, 0.1) is 5.82 Å². The molecule has 25 heavy (non-hydrogen) atoms. The number of amides is 2. The highest BCUT2D eigenvalue weighted by Crippen LogP contribution is 2.33. The Morgan fingerprint density at radius 3 is 2.40 bits per heavy atom. The molecule has 4 nitrogen and oxygen atoms in total. The van der Waals surface area contributed by atoms with E-state index in [1.165, 1.54) is 12.1 Å². The molecule has 2 fully saturated rings. The lowest BCUT2D eigenvalue weighted by Gasteiger charge is -2.37. The SMILES string of the molecule is O=C(NC1CCC(F)(F)CC1)N1CCN(c2ccc(F)cc2Cl)CC1. The number of hydrogen-bond acceptors (Lipinski definition) is 2. The number of carbonyl (C=O) groups excluding carboxylic acids is 1. The second kappa shape index (κ2) is 7.32. The molecule has 138 valence electrons. The summed E-state index contributed by atoms with van der Waals surface area (Å²) in [5.74, 6) is -2.98. The number of benzene rings is 1. The number of alkyl halides is 2. The number of piperazine rings is 1. The van der Waals surface area contributed by atoms with Gasteiger partial charge in [0.05, 0.1) is 10.7 Å². The van der Waals surface area contributed by atoms with Crippen LogP contribution in [0.3, 0.4) is 0 Å². The van der Waals surface area contributed by atoms with Crippen LogP contribution in [0.5, 0.6) is 0 Å². The van der Waals surface area contributed by atoms with Gasteiger partial charge >= 0.3 is 6.03 Å². The third-order valence-electron chi connectivity index (χ3n) is 4.86. The van der Waals surface area contributed by atoms with Crippen LogP contribution in [0.4, 0.5) is 23.7 Å². The molecular weight excluding hydrogens is 355 g/mol. The molecule has 1 aromatic carbocycles. The molecule has 1 saturated carbocycles. The van der Waals surface area contributed by atoms with Crippen molar-refractivity contribution in [3.8, 4) is 0 Å². The van der Waals surface area contributed by atoms with Crippen molar-refractivity contribution in [3.63, 3.8) is 0 Å². The van der Waals surface area contributed by atoms with Gasteiger partial charge in [0, 0.05) is 45.1 Å². The van der Waals surface area contributed by atoms with Gasteiger partial charge in [-0.15, -0.1) is 0 Å². The van der Waals surface area contributed by atoms with Crippen molar-refractivity contribution in [1.82, 2.24) is 10.2 Å². The van der Waals surface area contributed by atoms with E-state index in [1.807, 2.05) is 4.90 Å². The van der Waals surface area contributed by atoms with Crippen LogP contribution in [0.25, 0.3) is 0 Å². The fraction of sp³-hybridized carbons (Fsp3) is 0.588. The van der Waals surface area contributed by atoms with Crippen molar-refractivity contribution in [2.24, 2.45) is 0 Å². The van der Waals surface area contributed by atoms with E-state index in [0.29, 0.717) is 44.0 Å². The van der Waals surface area contributed by atoms with E-state index in [-0.39, 0.29) is 30.7 Å². The quantitative estimate of drug-likeness (QED) is 0.851. The Kier molecular flexibility index (Phi) is 5.32. The monoisotopic (exact) mass is 375 g/mol. The van der Waals surface area contributed by atoms with Crippen LogP contribution in [-0.4, -0.2) is 49.1 Å². The number of anilines is 1. The van der Waals surface area contributed by atoms with E-state index < -0.39 is 5.92 Å². The third-order valence-corrected chi connectivity index (χ3v) is 5.16. The van der Waals surface area contributed by atoms with Gasteiger partial charge in [0.25, 0.3) is 0 Å². The zero-order valence-electron chi connectivity index (χ0n) is 13.8. The minimum Gasteiger partial charge on any atom is -0.367 e. The highest BCUT2D eigenvalue weighted by molar-refractivity contribution is 6.33. The Bertz CT molecular complexity index is 626. The van der Waals surface area contributed by atoms with E-state index in [4.69, 9.17) is 11.6 Å². The molecular formula is C17H21ClF3N3O. The van der Waals surface area contributed by atoms with Crippen LogP contribution in [0.1, 0.15) is 25.7 Å². The van der Waals surface area contributed by atoms with Crippen LogP contribution in [-0.2, 0) is 0 Å². The van der Waals surface area contributed by atoms with Gasteiger partial charge in [-0.3, -0.25) is 0 Å². The molecule has 1 N–H and O–H groups in total. The van der Waals surface area contributed by atoms with Gasteiger partial charge in [-0.2, -0.15) is 0 Å². The van der Waals surface area contributed by atoms with Gasteiger partial charge in [0.15, 0.2) is 0 Å². The molecule has 0 bridgehead atoms. The molecule has 0 atom stereocenters. The van der Waals surface area contributed by atoms with E-state index in [0.717, 1.165) is 5.69 Å². The fourth-order valence-corrected chi connectivity index (χ4v) is 3.63. The van der Waals surface area contributed by atoms with Crippen molar-refractivity contribution in [1.29, 1.82) is 0 Å². The molecule has 1 heterocycles. The normalized spacial score (nSPS) is 21.3. The Morgan fingerprint density at radius 1 is 1.16 bits per heavy atom. The third kappa shape index (κ3) is 4.51. The summed E-state index contributed by atoms with van der Waals surface area (Å²) in [4.78, 5) is 16.0. The highest BCUT2D eigenvalue weighted by Gasteiger charge is 2.36. The van der Waals surface area contributed by atoms with Crippen molar-refractivity contribution in [2.75, 3.05) is 31.1 Å². The molecule has 1 saturated heterocycles. The first-order chi connectivity index (χ1) is 11.8. The van der Waals surface area contributed by atoms with Crippen LogP contribution >= 0.6 is 11.6 Å². The minimum absolute atomic E-state index is 0.172. The average Bonchev–Trinajstić information content (AvgIpc) is 2.57. The molecule has 2 aliphatic rings. The Hall–Kier alpha value is -1.63. The molecule has 2 amide bonds. The lowest BCUT2D eigenvalue weighted by molar-refractivity contribution is -0.0398. The molecule has 1 aliphatic heterocycles. The van der Waals surface area contributed by atoms with E-state index in [2.05, 4.69) is 5.32 Å². The maximum Gasteiger partial charge on any atom is 0.317 e. The summed E-state index contributed by atoms with van der Waals surface area (Å²) in [6, 6.07) is 3.88. The second-order valence-corrected chi connectivity index (χ2v) is 7.06. The lowest BCUT2D eigenvalue weighted by Crippen LogP contribution is -2.54. The van der Waals surface area contributed by atoms with Crippen LogP contribution < -0.4 is 10.2 Å². The standard InChI is InChI=1S/C17H21ClF3N3O/c18-14-11-12(19)1-2-15(14)23-7-9-24(10-8-23)16(25)22-13-3-5-17(20,21)6-4-13/h1-2,11,13H,3-10H2,(H,22,25). The van der Waals surface area contributed by atoms with Gasteiger partial charge in [-0.05, 0) is 31.0 Å². The van der Waals surface area contributed by atoms with E-state index in [1.54, 1.807) is 11.0 Å². The van der Waals surface area contributed by atoms with Crippen molar-refractivity contribution >= 4 is 23.3 Å². The number of hydrogen-bond donors (Lipinski definition) is 1. The summed E-state index contributed by atoms with van der Waals surface area (Å²) in [6.45, 7) is 2.17. The maximum atomic E-state index is 13.2. The number of nitrogens with one attached hydrogen (secondary N) is 1. The van der Waals surface area contributed by atoms with Crippen molar-refractivity contribution in [2.45, 2.75) is 37.6 Å². The van der Waals surface area contributed by atoms with E-state index in [9.17, 15) is 18.0 Å². The average molecular weight is 376 g/mol. The number of carbonyl (C=O) groups is 1. The topological polar surface area (TPSA) is 35.6 Å². The molecule has 0 aromatic heterocycles. The number of nitrogens with zero attached hydrogens (tertiary/aromatic N) is 2. The van der Waals surface area contributed by atoms with E-state index >= 15 is 0 Å². The van der Waals surface area contributed by atoms with Gasteiger partial charge in [0.1, 0.15) is 5.82 Å². The summed E-state index contributed by atoms with van der Waals surface area (Å²) in [6.07, 6.45) is 0.275. The highest BCUT2D eigenvalue weighted by atomic mass is 35.5. The number of halogens is 4. The first-order valence-corrected chi connectivity index (χ1v) is 8.85. The summed E-state index contributed by atoms with van der Waals surface area (Å²) >= 11 is 6.08. The van der Waals surface area contributed by atoms with Crippen LogP contribution in [0.2, 0.25) is 5.02 Å². The molecule has 0 unspecified atom stereocenters. The smallest absolute Gasteiger partial charge is 0.317 e. The molecule has 0 radical (unpaired) electrons. The predicted octanol–water partition coefficient (Wildman–Crippen LogP) is 3.89. The van der Waals surface area contributed by atoms with Gasteiger partial charge in [-0.25, -0.2) is 18.0 Å². The maximum absolute atomic E-state index is 13.2. The zero-order chi connectivity index (χ0) is 18.0. The van der Waals surface area contributed by atoms with Gasteiger partial charge < -0.3 is 15.1 Å². The molecule has 1 aliphatic carbocycles. The van der Waals surface area contributed by atoms with Crippen molar-refractivity contribution < 1.29 is 18.0 Å². The van der Waals surface area contributed by atoms with Gasteiger partial charge in [0.2, 0.25) is 5.92 Å². The predicted molar refractivity (Wildman–Crippen MR) is 90.9 cm³/mol. The fourth-order valence-electron chi connectivity index (χ4n) is 3.34. The molecule has 0 spiro atoms. The second-order valence-electron chi connectivity index (χ2n) is 6.65. The molecule has 8 heteroatoms. The Balaban J connectivity index is 1.49. The number of rotatable bonds is 2. The molecule has 3 rings (SSSR count). The Morgan fingerprint density at radius 2 is 1.80 bits per heavy atom. The summed E-state index contributed by atoms with van der Waals surface area (Å²) in [5, 5.41) is 3.21. The first kappa shape index (κ1) is 18.2. The summed E-state index contributed by atoms with van der Waals surface area (Å²) < 4.78 is 39.5. The summed E-state index contributed by atoms with van der Waals surface area (Å²) in [5.41, 5.74) is 0.748. The minimum atomic E-state index is -2.60. The summed E-state index contributed by atoms with van der Waals surface area (Å²) in [7, 11) is 0. The number of urea groups is 1. The zero-order valence-corrected chi connectivity index (χ0v) is 14.5. The van der Waals surface area contributed by atoms with Crippen molar-refractivity contribution in [3.05, 3.63) is 29.0 Å². The van der Waals surface area contributed by atoms with Crippen LogP contribution in [0.15, 0.2) is 18.2 Å². The largest absolute Gasteiger partial charge is 0.367 e. The molecule has 1 aromatic rings. The first-order valence-electron chi connectivity index (χ1n) is 8.47. The van der Waals surface area contributed by atoms with Gasteiger partial charge in [-0.1, -0.05) is 11.6 Å². The Labute approximate surface area is 149 Å². The lowest BCUT2D eigenvalue weighted by atomic mass is 9.92.